The average molecular weight is 214 g/mol. The monoisotopic (exact) mass is 214 g/mol. The van der Waals surface area contributed by atoms with Gasteiger partial charge in [0.25, 0.3) is 5.92 Å². The van der Waals surface area contributed by atoms with Crippen LogP contribution in [0.4, 0.5) is 8.78 Å². The molecule has 4 heteroatoms. The third-order valence-corrected chi connectivity index (χ3v) is 3.01. The molecule has 1 saturated carbocycles. The zero-order valence-corrected chi connectivity index (χ0v) is 8.92. The fraction of sp³-hybridized carbons (Fsp3) is 0.727. The van der Waals surface area contributed by atoms with E-state index in [1.54, 1.807) is 10.9 Å². The summed E-state index contributed by atoms with van der Waals surface area (Å²) in [5, 5.41) is 3.97. The van der Waals surface area contributed by atoms with E-state index in [0.717, 1.165) is 19.8 Å². The Kier molecular flexibility index (Phi) is 2.76. The lowest BCUT2D eigenvalue weighted by atomic mass is 9.96. The van der Waals surface area contributed by atoms with Crippen LogP contribution in [0, 0.1) is 0 Å². The molecular weight excluding hydrogens is 198 g/mol. The van der Waals surface area contributed by atoms with Gasteiger partial charge in [0.15, 0.2) is 0 Å². The quantitative estimate of drug-likeness (QED) is 0.736. The Hall–Kier alpha value is -0.930. The summed E-state index contributed by atoms with van der Waals surface area (Å²) in [5.74, 6) is -2.82. The summed E-state index contributed by atoms with van der Waals surface area (Å²) in [7, 11) is 0. The van der Waals surface area contributed by atoms with Crippen LogP contribution in [0.15, 0.2) is 12.3 Å². The van der Waals surface area contributed by atoms with Crippen molar-refractivity contribution in [2.75, 3.05) is 0 Å². The summed E-state index contributed by atoms with van der Waals surface area (Å²) in [5.41, 5.74) is -0.118. The van der Waals surface area contributed by atoms with Crippen molar-refractivity contribution in [2.45, 2.75) is 51.0 Å². The van der Waals surface area contributed by atoms with Gasteiger partial charge in [-0.1, -0.05) is 19.3 Å². The second-order valence-corrected chi connectivity index (χ2v) is 4.36. The number of alkyl halides is 2. The van der Waals surface area contributed by atoms with E-state index in [-0.39, 0.29) is 5.69 Å². The van der Waals surface area contributed by atoms with E-state index >= 15 is 0 Å². The minimum atomic E-state index is -2.82. The van der Waals surface area contributed by atoms with Crippen molar-refractivity contribution in [1.29, 1.82) is 0 Å². The fourth-order valence-electron chi connectivity index (χ4n) is 2.12. The highest BCUT2D eigenvalue weighted by molar-refractivity contribution is 5.06. The molecule has 0 radical (unpaired) electrons. The van der Waals surface area contributed by atoms with Crippen molar-refractivity contribution in [2.24, 2.45) is 0 Å². The van der Waals surface area contributed by atoms with Gasteiger partial charge in [-0.2, -0.15) is 13.9 Å². The van der Waals surface area contributed by atoms with Crippen molar-refractivity contribution >= 4 is 0 Å². The second kappa shape index (κ2) is 3.91. The predicted molar refractivity (Wildman–Crippen MR) is 53.9 cm³/mol. The van der Waals surface area contributed by atoms with Crippen molar-refractivity contribution in [1.82, 2.24) is 9.78 Å². The van der Waals surface area contributed by atoms with Crippen molar-refractivity contribution < 1.29 is 8.78 Å². The summed E-state index contributed by atoms with van der Waals surface area (Å²) >= 11 is 0. The van der Waals surface area contributed by atoms with Crippen LogP contribution in [0.2, 0.25) is 0 Å². The van der Waals surface area contributed by atoms with Crippen LogP contribution in [0.5, 0.6) is 0 Å². The molecule has 0 amide bonds. The largest absolute Gasteiger partial charge is 0.288 e. The maximum absolute atomic E-state index is 13.0. The zero-order chi connectivity index (χ0) is 10.9. The highest BCUT2D eigenvalue weighted by atomic mass is 19.3. The molecule has 1 heterocycles. The molecule has 15 heavy (non-hydrogen) atoms. The van der Waals surface area contributed by atoms with Gasteiger partial charge >= 0.3 is 0 Å². The first-order valence-electron chi connectivity index (χ1n) is 5.51. The number of halogens is 2. The topological polar surface area (TPSA) is 17.8 Å². The molecule has 1 aromatic heterocycles. The molecule has 0 aliphatic heterocycles. The van der Waals surface area contributed by atoms with E-state index in [9.17, 15) is 8.78 Å². The van der Waals surface area contributed by atoms with Gasteiger partial charge in [-0.15, -0.1) is 0 Å². The number of aromatic nitrogens is 2. The van der Waals surface area contributed by atoms with Gasteiger partial charge in [0, 0.05) is 13.1 Å². The SMILES string of the molecule is CC(F)(F)c1ccn(C2CCCCC2)n1. The Morgan fingerprint density at radius 3 is 2.53 bits per heavy atom. The number of nitrogens with zero attached hydrogens (tertiary/aromatic N) is 2. The highest BCUT2D eigenvalue weighted by Crippen LogP contribution is 2.30. The minimum Gasteiger partial charge on any atom is -0.269 e. The number of hydrogen-bond acceptors (Lipinski definition) is 1. The van der Waals surface area contributed by atoms with E-state index in [2.05, 4.69) is 5.10 Å². The lowest BCUT2D eigenvalue weighted by Crippen LogP contribution is -2.15. The van der Waals surface area contributed by atoms with Crippen LogP contribution < -0.4 is 0 Å². The van der Waals surface area contributed by atoms with Crippen LogP contribution in [0.1, 0.15) is 50.8 Å². The molecule has 0 saturated heterocycles. The molecule has 84 valence electrons. The van der Waals surface area contributed by atoms with Gasteiger partial charge in [0.1, 0.15) is 5.69 Å². The molecule has 0 bridgehead atoms. The first-order valence-corrected chi connectivity index (χ1v) is 5.51. The molecule has 0 unspecified atom stereocenters. The standard InChI is InChI=1S/C11H16F2N2/c1-11(12,13)10-7-8-15(14-10)9-5-3-2-4-6-9/h7-9H,2-6H2,1H3. The maximum Gasteiger partial charge on any atom is 0.288 e. The Morgan fingerprint density at radius 2 is 2.00 bits per heavy atom. The van der Waals surface area contributed by atoms with Crippen LogP contribution >= 0.6 is 0 Å². The van der Waals surface area contributed by atoms with Gasteiger partial charge in [-0.05, 0) is 18.9 Å². The summed E-state index contributed by atoms with van der Waals surface area (Å²) in [6, 6.07) is 1.75. The molecule has 0 N–H and O–H groups in total. The third-order valence-electron chi connectivity index (χ3n) is 3.01. The average Bonchev–Trinajstić information content (AvgIpc) is 2.67. The number of rotatable bonds is 2. The van der Waals surface area contributed by atoms with E-state index in [1.165, 1.54) is 25.3 Å². The molecule has 0 spiro atoms. The van der Waals surface area contributed by atoms with E-state index < -0.39 is 5.92 Å². The van der Waals surface area contributed by atoms with Crippen molar-refractivity contribution in [3.05, 3.63) is 18.0 Å². The van der Waals surface area contributed by atoms with Gasteiger partial charge < -0.3 is 0 Å². The Bertz CT molecular complexity index is 322. The summed E-state index contributed by atoms with van der Waals surface area (Å²) in [4.78, 5) is 0. The first-order chi connectivity index (χ1) is 7.07. The number of hydrogen-bond donors (Lipinski definition) is 0. The molecule has 1 fully saturated rings. The Labute approximate surface area is 88.3 Å². The summed E-state index contributed by atoms with van der Waals surface area (Å²) in [6.45, 7) is 0.889. The van der Waals surface area contributed by atoms with E-state index in [0.29, 0.717) is 6.04 Å². The molecule has 1 aromatic rings. The van der Waals surface area contributed by atoms with Crippen LogP contribution in [0.25, 0.3) is 0 Å². The Morgan fingerprint density at radius 1 is 1.33 bits per heavy atom. The second-order valence-electron chi connectivity index (χ2n) is 4.36. The van der Waals surface area contributed by atoms with Crippen molar-refractivity contribution in [3.63, 3.8) is 0 Å². The van der Waals surface area contributed by atoms with Crippen LogP contribution in [0.3, 0.4) is 0 Å². The normalized spacial score (nSPS) is 19.4. The molecule has 2 rings (SSSR count). The zero-order valence-electron chi connectivity index (χ0n) is 8.92. The van der Waals surface area contributed by atoms with Gasteiger partial charge in [-0.25, -0.2) is 0 Å². The molecule has 0 aromatic carbocycles. The third kappa shape index (κ3) is 2.36. The summed E-state index contributed by atoms with van der Waals surface area (Å²) < 4.78 is 27.6. The first kappa shape index (κ1) is 10.6. The summed E-state index contributed by atoms with van der Waals surface area (Å²) in [6.07, 6.45) is 7.44. The molecule has 2 nitrogen and oxygen atoms in total. The Balaban J connectivity index is 2.12. The molecule has 0 atom stereocenters. The van der Waals surface area contributed by atoms with Gasteiger partial charge in [0.2, 0.25) is 0 Å². The van der Waals surface area contributed by atoms with E-state index in [1.807, 2.05) is 0 Å². The molecule has 1 aliphatic rings. The lowest BCUT2D eigenvalue weighted by Gasteiger charge is -2.21. The predicted octanol–water partition coefficient (Wildman–Crippen LogP) is 3.50. The smallest absolute Gasteiger partial charge is 0.269 e. The molecular formula is C11H16F2N2. The maximum atomic E-state index is 13.0. The van der Waals surface area contributed by atoms with Gasteiger partial charge in [0.05, 0.1) is 6.04 Å². The highest BCUT2D eigenvalue weighted by Gasteiger charge is 2.28. The van der Waals surface area contributed by atoms with Gasteiger partial charge in [-0.3, -0.25) is 4.68 Å². The fourth-order valence-corrected chi connectivity index (χ4v) is 2.12. The van der Waals surface area contributed by atoms with Crippen LogP contribution in [-0.4, -0.2) is 9.78 Å². The van der Waals surface area contributed by atoms with Crippen molar-refractivity contribution in [3.8, 4) is 0 Å². The minimum absolute atomic E-state index is 0.118. The van der Waals surface area contributed by atoms with E-state index in [4.69, 9.17) is 0 Å². The van der Waals surface area contributed by atoms with Crippen LogP contribution in [-0.2, 0) is 5.92 Å². The molecule has 1 aliphatic carbocycles. The lowest BCUT2D eigenvalue weighted by molar-refractivity contribution is 0.0117.